The quantitative estimate of drug-likeness (QED) is 0.805. The Morgan fingerprint density at radius 3 is 2.95 bits per heavy atom. The van der Waals surface area contributed by atoms with Crippen LogP contribution in [0.2, 0.25) is 0 Å². The lowest BCUT2D eigenvalue weighted by Crippen LogP contribution is -2.39. The maximum Gasteiger partial charge on any atom is 0.131 e. The van der Waals surface area contributed by atoms with Crippen molar-refractivity contribution in [1.82, 2.24) is 14.9 Å². The van der Waals surface area contributed by atoms with E-state index < -0.39 is 0 Å². The summed E-state index contributed by atoms with van der Waals surface area (Å²) in [5.74, 6) is 2.64. The number of H-pyrrole nitrogens is 1. The molecular weight excluding hydrogens is 260 g/mol. The summed E-state index contributed by atoms with van der Waals surface area (Å²) >= 11 is 5.21. The topological polar surface area (TPSA) is 53.2 Å². The smallest absolute Gasteiger partial charge is 0.131 e. The van der Waals surface area contributed by atoms with Gasteiger partial charge in [0.1, 0.15) is 16.3 Å². The normalized spacial score (nSPS) is 20.4. The molecule has 19 heavy (non-hydrogen) atoms. The number of anilines is 1. The molecule has 2 fully saturated rings. The lowest BCUT2D eigenvalue weighted by Gasteiger charge is -2.26. The highest BCUT2D eigenvalue weighted by molar-refractivity contribution is 7.71. The molecule has 0 unspecified atom stereocenters. The fourth-order valence-corrected chi connectivity index (χ4v) is 2.51. The Bertz CT molecular complexity index is 480. The Morgan fingerprint density at radius 2 is 2.21 bits per heavy atom. The van der Waals surface area contributed by atoms with Gasteiger partial charge in [0.25, 0.3) is 0 Å². The van der Waals surface area contributed by atoms with Gasteiger partial charge in [0.05, 0.1) is 13.2 Å². The number of rotatable bonds is 5. The van der Waals surface area contributed by atoms with E-state index in [0.29, 0.717) is 10.6 Å². The molecule has 1 saturated heterocycles. The average Bonchev–Trinajstić information content (AvgIpc) is 3.24. The molecule has 2 heterocycles. The minimum atomic E-state index is 0.600. The molecule has 1 saturated carbocycles. The summed E-state index contributed by atoms with van der Waals surface area (Å²) in [5, 5.41) is 3.41. The first-order chi connectivity index (χ1) is 9.31. The predicted molar refractivity (Wildman–Crippen MR) is 77.1 cm³/mol. The molecule has 3 rings (SSSR count). The van der Waals surface area contributed by atoms with E-state index in [4.69, 9.17) is 17.0 Å². The maximum atomic E-state index is 5.34. The first-order valence-corrected chi connectivity index (χ1v) is 7.37. The monoisotopic (exact) mass is 280 g/mol. The molecule has 1 aliphatic heterocycles. The highest BCUT2D eigenvalue weighted by Crippen LogP contribution is 2.38. The van der Waals surface area contributed by atoms with E-state index in [1.165, 1.54) is 12.8 Å². The molecule has 1 aromatic heterocycles. The summed E-state index contributed by atoms with van der Waals surface area (Å²) in [4.78, 5) is 10.1. The van der Waals surface area contributed by atoms with E-state index in [2.05, 4.69) is 20.2 Å². The van der Waals surface area contributed by atoms with Gasteiger partial charge in [0.15, 0.2) is 0 Å². The minimum absolute atomic E-state index is 0.600. The van der Waals surface area contributed by atoms with Gasteiger partial charge in [-0.05, 0) is 12.8 Å². The number of hydrogen-bond acceptors (Lipinski definition) is 5. The molecule has 5 nitrogen and oxygen atoms in total. The summed E-state index contributed by atoms with van der Waals surface area (Å²) in [6, 6.07) is 1.90. The second-order valence-corrected chi connectivity index (χ2v) is 5.59. The molecule has 0 amide bonds. The van der Waals surface area contributed by atoms with Crippen LogP contribution in [-0.2, 0) is 4.74 Å². The number of morpholine rings is 1. The molecule has 2 N–H and O–H groups in total. The first kappa shape index (κ1) is 13.0. The van der Waals surface area contributed by atoms with Crippen molar-refractivity contribution in [3.8, 4) is 0 Å². The number of ether oxygens (including phenoxy) is 1. The van der Waals surface area contributed by atoms with Crippen LogP contribution in [0.1, 0.15) is 24.6 Å². The van der Waals surface area contributed by atoms with Crippen LogP contribution >= 0.6 is 12.2 Å². The zero-order chi connectivity index (χ0) is 13.1. The second kappa shape index (κ2) is 5.98. The molecular formula is C13H20N4OS. The Labute approximate surface area is 118 Å². The predicted octanol–water partition coefficient (Wildman–Crippen LogP) is 1.76. The molecule has 6 heteroatoms. The summed E-state index contributed by atoms with van der Waals surface area (Å²) in [5.41, 5.74) is 0. The van der Waals surface area contributed by atoms with Crippen LogP contribution in [0.5, 0.6) is 0 Å². The largest absolute Gasteiger partial charge is 0.379 e. The summed E-state index contributed by atoms with van der Waals surface area (Å²) in [7, 11) is 0. The van der Waals surface area contributed by atoms with Crippen LogP contribution in [-0.4, -0.2) is 54.3 Å². The SMILES string of the molecule is S=c1cc(NCCN2CCOCC2)[nH]c(C2CC2)n1. The van der Waals surface area contributed by atoms with E-state index in [9.17, 15) is 0 Å². The third-order valence-corrected chi connectivity index (χ3v) is 3.78. The molecule has 1 aromatic rings. The van der Waals surface area contributed by atoms with Gasteiger partial charge in [-0.25, -0.2) is 4.98 Å². The van der Waals surface area contributed by atoms with Crippen molar-refractivity contribution in [2.75, 3.05) is 44.7 Å². The van der Waals surface area contributed by atoms with Crippen molar-refractivity contribution in [3.05, 3.63) is 16.5 Å². The third kappa shape index (κ3) is 3.75. The lowest BCUT2D eigenvalue weighted by molar-refractivity contribution is 0.0398. The van der Waals surface area contributed by atoms with Gasteiger partial charge in [-0.1, -0.05) is 12.2 Å². The fraction of sp³-hybridized carbons (Fsp3) is 0.692. The molecule has 104 valence electrons. The number of aromatic amines is 1. The highest BCUT2D eigenvalue weighted by atomic mass is 32.1. The number of hydrogen-bond donors (Lipinski definition) is 2. The number of aromatic nitrogens is 2. The van der Waals surface area contributed by atoms with Crippen molar-refractivity contribution >= 4 is 18.0 Å². The lowest BCUT2D eigenvalue weighted by atomic mass is 10.4. The molecule has 0 spiro atoms. The van der Waals surface area contributed by atoms with Crippen molar-refractivity contribution in [3.63, 3.8) is 0 Å². The first-order valence-electron chi connectivity index (χ1n) is 6.96. The van der Waals surface area contributed by atoms with Gasteiger partial charge in [-0.2, -0.15) is 0 Å². The van der Waals surface area contributed by atoms with Gasteiger partial charge in [-0.3, -0.25) is 4.90 Å². The van der Waals surface area contributed by atoms with E-state index in [1.54, 1.807) is 0 Å². The third-order valence-electron chi connectivity index (χ3n) is 3.57. The molecule has 2 aliphatic rings. The summed E-state index contributed by atoms with van der Waals surface area (Å²) < 4.78 is 6.01. The van der Waals surface area contributed by atoms with Crippen LogP contribution in [0, 0.1) is 4.64 Å². The molecule has 0 bridgehead atoms. The number of nitrogens with zero attached hydrogens (tertiary/aromatic N) is 2. The Hall–Kier alpha value is -0.980. The Balaban J connectivity index is 1.52. The highest BCUT2D eigenvalue weighted by Gasteiger charge is 2.26. The second-order valence-electron chi connectivity index (χ2n) is 5.17. The minimum Gasteiger partial charge on any atom is -0.379 e. The molecule has 0 atom stereocenters. The summed E-state index contributed by atoms with van der Waals surface area (Å²) in [6.07, 6.45) is 2.46. The van der Waals surface area contributed by atoms with Crippen LogP contribution in [0.25, 0.3) is 0 Å². The van der Waals surface area contributed by atoms with Crippen LogP contribution < -0.4 is 5.32 Å². The van der Waals surface area contributed by atoms with E-state index in [0.717, 1.165) is 51.0 Å². The van der Waals surface area contributed by atoms with E-state index >= 15 is 0 Å². The standard InChI is InChI=1S/C13H20N4OS/c19-12-9-11(15-13(16-12)10-1-2-10)14-3-4-17-5-7-18-8-6-17/h9-10H,1-8H2,(H2,14,15,16,19). The van der Waals surface area contributed by atoms with Crippen molar-refractivity contribution in [2.45, 2.75) is 18.8 Å². The van der Waals surface area contributed by atoms with Gasteiger partial charge >= 0.3 is 0 Å². The summed E-state index contributed by atoms with van der Waals surface area (Å²) in [6.45, 7) is 5.71. The van der Waals surface area contributed by atoms with Crippen LogP contribution in [0.15, 0.2) is 6.07 Å². The number of nitrogens with one attached hydrogen (secondary N) is 2. The molecule has 1 aliphatic carbocycles. The van der Waals surface area contributed by atoms with E-state index in [-0.39, 0.29) is 0 Å². The van der Waals surface area contributed by atoms with Crippen molar-refractivity contribution in [1.29, 1.82) is 0 Å². The van der Waals surface area contributed by atoms with Crippen molar-refractivity contribution in [2.24, 2.45) is 0 Å². The van der Waals surface area contributed by atoms with E-state index in [1.807, 2.05) is 6.07 Å². The zero-order valence-electron chi connectivity index (χ0n) is 11.0. The maximum absolute atomic E-state index is 5.34. The van der Waals surface area contributed by atoms with Crippen LogP contribution in [0.3, 0.4) is 0 Å². The van der Waals surface area contributed by atoms with Gasteiger partial charge in [0, 0.05) is 38.2 Å². The van der Waals surface area contributed by atoms with Crippen LogP contribution in [0.4, 0.5) is 5.82 Å². The van der Waals surface area contributed by atoms with Gasteiger partial charge < -0.3 is 15.0 Å². The van der Waals surface area contributed by atoms with Gasteiger partial charge in [0.2, 0.25) is 0 Å². The Morgan fingerprint density at radius 1 is 1.42 bits per heavy atom. The zero-order valence-corrected chi connectivity index (χ0v) is 11.8. The Kier molecular flexibility index (Phi) is 4.10. The average molecular weight is 280 g/mol. The van der Waals surface area contributed by atoms with Crippen molar-refractivity contribution < 1.29 is 4.74 Å². The van der Waals surface area contributed by atoms with Gasteiger partial charge in [-0.15, -0.1) is 0 Å². The molecule has 0 radical (unpaired) electrons. The fourth-order valence-electron chi connectivity index (χ4n) is 2.30. The molecule has 0 aromatic carbocycles.